The average Bonchev–Trinajstić information content (AvgIpc) is 2.62. The molecule has 0 amide bonds. The zero-order chi connectivity index (χ0) is 13.5. The fraction of sp³-hybridized carbons (Fsp3) is 0.538. The Labute approximate surface area is 106 Å². The van der Waals surface area contributed by atoms with Crippen LogP contribution in [-0.2, 0) is 6.54 Å². The van der Waals surface area contributed by atoms with Crippen molar-refractivity contribution in [1.82, 2.24) is 14.2 Å². The Morgan fingerprint density at radius 1 is 1.39 bits per heavy atom. The van der Waals surface area contributed by atoms with Crippen LogP contribution in [0.3, 0.4) is 0 Å². The molecule has 18 heavy (non-hydrogen) atoms. The molecular formula is C13H20N4O. The van der Waals surface area contributed by atoms with Gasteiger partial charge in [0.2, 0.25) is 0 Å². The van der Waals surface area contributed by atoms with Crippen molar-refractivity contribution in [3.63, 3.8) is 0 Å². The molecule has 0 aliphatic rings. The number of nitrogens with two attached hydrogens (primary N) is 1. The zero-order valence-electron chi connectivity index (χ0n) is 11.3. The summed E-state index contributed by atoms with van der Waals surface area (Å²) in [6, 6.07) is 1.73. The van der Waals surface area contributed by atoms with Crippen LogP contribution in [0.15, 0.2) is 23.3 Å². The Kier molecular flexibility index (Phi) is 3.02. The first-order valence-corrected chi connectivity index (χ1v) is 6.10. The third-order valence-electron chi connectivity index (χ3n) is 3.23. The van der Waals surface area contributed by atoms with Gasteiger partial charge in [0.25, 0.3) is 5.56 Å². The van der Waals surface area contributed by atoms with E-state index >= 15 is 0 Å². The fourth-order valence-electron chi connectivity index (χ4n) is 1.78. The van der Waals surface area contributed by atoms with Crippen LogP contribution in [0.25, 0.3) is 5.52 Å². The molecule has 1 atom stereocenters. The molecule has 5 nitrogen and oxygen atoms in total. The van der Waals surface area contributed by atoms with E-state index in [2.05, 4.69) is 25.9 Å². The molecule has 98 valence electrons. The third kappa shape index (κ3) is 2.31. The van der Waals surface area contributed by atoms with E-state index in [-0.39, 0.29) is 17.0 Å². The molecule has 0 aliphatic carbocycles. The van der Waals surface area contributed by atoms with Gasteiger partial charge < -0.3 is 10.3 Å². The van der Waals surface area contributed by atoms with Crippen LogP contribution in [0.5, 0.6) is 0 Å². The second-order valence-corrected chi connectivity index (χ2v) is 5.84. The first-order chi connectivity index (χ1) is 8.29. The summed E-state index contributed by atoms with van der Waals surface area (Å²) in [6.45, 7) is 8.61. The summed E-state index contributed by atoms with van der Waals surface area (Å²) in [5, 5.41) is 4.22. The molecule has 2 heterocycles. The van der Waals surface area contributed by atoms with E-state index in [1.165, 1.54) is 0 Å². The quantitative estimate of drug-likeness (QED) is 0.868. The van der Waals surface area contributed by atoms with Gasteiger partial charge in [-0.3, -0.25) is 4.79 Å². The number of hydrogen-bond donors (Lipinski definition) is 1. The molecule has 5 heteroatoms. The lowest BCUT2D eigenvalue weighted by Gasteiger charge is -2.27. The first-order valence-electron chi connectivity index (χ1n) is 6.10. The van der Waals surface area contributed by atoms with Crippen LogP contribution < -0.4 is 11.3 Å². The Hall–Kier alpha value is -1.62. The fourth-order valence-corrected chi connectivity index (χ4v) is 1.78. The minimum atomic E-state index is -0.0679. The lowest BCUT2D eigenvalue weighted by atomic mass is 9.87. The van der Waals surface area contributed by atoms with E-state index < -0.39 is 0 Å². The van der Waals surface area contributed by atoms with Crippen molar-refractivity contribution < 1.29 is 0 Å². The predicted octanol–water partition coefficient (Wildman–Crippen LogP) is 1.18. The summed E-state index contributed by atoms with van der Waals surface area (Å²) in [6.07, 6.45) is 3.53. The molecule has 0 bridgehead atoms. The minimum absolute atomic E-state index is 0.0261. The van der Waals surface area contributed by atoms with Crippen LogP contribution in [-0.4, -0.2) is 20.2 Å². The van der Waals surface area contributed by atoms with E-state index in [4.69, 9.17) is 5.73 Å². The maximum Gasteiger partial charge on any atom is 0.276 e. The van der Waals surface area contributed by atoms with Gasteiger partial charge in [0.05, 0.1) is 5.69 Å². The molecule has 2 aromatic rings. The monoisotopic (exact) mass is 248 g/mol. The zero-order valence-corrected chi connectivity index (χ0v) is 11.3. The highest BCUT2D eigenvalue weighted by molar-refractivity contribution is 5.44. The highest BCUT2D eigenvalue weighted by Gasteiger charge is 2.21. The molecule has 0 saturated carbocycles. The SMILES string of the molecule is Cc1cc2c(=O)n(CC(N)C(C)(C)C)ccn2n1. The summed E-state index contributed by atoms with van der Waals surface area (Å²) in [5.41, 5.74) is 7.48. The summed E-state index contributed by atoms with van der Waals surface area (Å²) in [4.78, 5) is 12.3. The van der Waals surface area contributed by atoms with Crippen molar-refractivity contribution >= 4 is 5.52 Å². The Morgan fingerprint density at radius 3 is 2.67 bits per heavy atom. The smallest absolute Gasteiger partial charge is 0.276 e. The minimum Gasteiger partial charge on any atom is -0.326 e. The molecule has 2 N–H and O–H groups in total. The van der Waals surface area contributed by atoms with Gasteiger partial charge >= 0.3 is 0 Å². The summed E-state index contributed by atoms with van der Waals surface area (Å²) in [5.74, 6) is 0. The van der Waals surface area contributed by atoms with E-state index in [1.54, 1.807) is 27.5 Å². The first kappa shape index (κ1) is 12.8. The largest absolute Gasteiger partial charge is 0.326 e. The van der Waals surface area contributed by atoms with Gasteiger partial charge in [0.15, 0.2) is 0 Å². The van der Waals surface area contributed by atoms with Gasteiger partial charge in [-0.15, -0.1) is 0 Å². The third-order valence-corrected chi connectivity index (χ3v) is 3.23. The molecule has 0 aromatic carbocycles. The van der Waals surface area contributed by atoms with Crippen molar-refractivity contribution in [2.45, 2.75) is 40.3 Å². The molecule has 1 unspecified atom stereocenters. The van der Waals surface area contributed by atoms with Gasteiger partial charge in [-0.1, -0.05) is 20.8 Å². The molecule has 0 radical (unpaired) electrons. The Morgan fingerprint density at radius 2 is 2.06 bits per heavy atom. The lowest BCUT2D eigenvalue weighted by Crippen LogP contribution is -2.41. The molecule has 0 saturated heterocycles. The molecule has 0 aliphatic heterocycles. The number of aromatic nitrogens is 3. The lowest BCUT2D eigenvalue weighted by molar-refractivity contribution is 0.289. The second kappa shape index (κ2) is 4.24. The summed E-state index contributed by atoms with van der Waals surface area (Å²) >= 11 is 0. The number of fused-ring (bicyclic) bond motifs is 1. The van der Waals surface area contributed by atoms with Crippen LogP contribution in [0, 0.1) is 12.3 Å². The normalized spacial score (nSPS) is 14.1. The topological polar surface area (TPSA) is 65.3 Å². The molecule has 0 spiro atoms. The highest BCUT2D eigenvalue weighted by atomic mass is 16.1. The van der Waals surface area contributed by atoms with Gasteiger partial charge in [0.1, 0.15) is 5.52 Å². The molecule has 2 rings (SSSR count). The van der Waals surface area contributed by atoms with E-state index in [0.29, 0.717) is 12.1 Å². The van der Waals surface area contributed by atoms with Crippen molar-refractivity contribution in [2.75, 3.05) is 0 Å². The van der Waals surface area contributed by atoms with Crippen LogP contribution in [0.1, 0.15) is 26.5 Å². The van der Waals surface area contributed by atoms with Gasteiger partial charge in [-0.2, -0.15) is 5.10 Å². The predicted molar refractivity (Wildman–Crippen MR) is 71.6 cm³/mol. The van der Waals surface area contributed by atoms with Gasteiger partial charge in [-0.05, 0) is 18.4 Å². The Balaban J connectivity index is 2.41. The second-order valence-electron chi connectivity index (χ2n) is 5.84. The van der Waals surface area contributed by atoms with Crippen molar-refractivity contribution in [3.05, 3.63) is 34.5 Å². The van der Waals surface area contributed by atoms with Gasteiger partial charge in [-0.25, -0.2) is 4.52 Å². The highest BCUT2D eigenvalue weighted by Crippen LogP contribution is 2.18. The van der Waals surface area contributed by atoms with E-state index in [9.17, 15) is 4.79 Å². The van der Waals surface area contributed by atoms with Crippen LogP contribution in [0.4, 0.5) is 0 Å². The standard InChI is InChI=1S/C13H20N4O/c1-9-7-10-12(18)16(5-6-17(10)15-9)8-11(14)13(2,3)4/h5-7,11H,8,14H2,1-4H3. The number of rotatable bonds is 2. The van der Waals surface area contributed by atoms with Gasteiger partial charge in [0, 0.05) is 25.0 Å². The maximum absolute atomic E-state index is 12.3. The molecule has 0 fully saturated rings. The van der Waals surface area contributed by atoms with Crippen LogP contribution in [0.2, 0.25) is 0 Å². The van der Waals surface area contributed by atoms with E-state index in [1.807, 2.05) is 6.92 Å². The van der Waals surface area contributed by atoms with Crippen molar-refractivity contribution in [3.8, 4) is 0 Å². The summed E-state index contributed by atoms with van der Waals surface area (Å²) < 4.78 is 3.27. The molecule has 2 aromatic heterocycles. The van der Waals surface area contributed by atoms with Crippen molar-refractivity contribution in [2.24, 2.45) is 11.1 Å². The number of nitrogens with zero attached hydrogens (tertiary/aromatic N) is 3. The van der Waals surface area contributed by atoms with Crippen LogP contribution >= 0.6 is 0 Å². The average molecular weight is 248 g/mol. The number of hydrogen-bond acceptors (Lipinski definition) is 3. The van der Waals surface area contributed by atoms with Crippen molar-refractivity contribution in [1.29, 1.82) is 0 Å². The number of aryl methyl sites for hydroxylation is 1. The maximum atomic E-state index is 12.3. The molecular weight excluding hydrogens is 228 g/mol. The summed E-state index contributed by atoms with van der Waals surface area (Å²) in [7, 11) is 0. The van der Waals surface area contributed by atoms with E-state index in [0.717, 1.165) is 5.69 Å². The Bertz CT molecular complexity index is 618.